The fourth-order valence-electron chi connectivity index (χ4n) is 2.08. The summed E-state index contributed by atoms with van der Waals surface area (Å²) in [5.41, 5.74) is -0.698. The highest BCUT2D eigenvalue weighted by atomic mass is 16.5. The molecule has 0 unspecified atom stereocenters. The molecule has 0 aliphatic rings. The normalized spacial score (nSPS) is 12.2. The van der Waals surface area contributed by atoms with Crippen molar-refractivity contribution in [1.29, 1.82) is 0 Å². The van der Waals surface area contributed by atoms with Gasteiger partial charge in [0.1, 0.15) is 0 Å². The van der Waals surface area contributed by atoms with E-state index in [1.165, 1.54) is 0 Å². The van der Waals surface area contributed by atoms with Crippen LogP contribution in [0.2, 0.25) is 0 Å². The van der Waals surface area contributed by atoms with Crippen LogP contribution >= 0.6 is 0 Å². The lowest BCUT2D eigenvalue weighted by molar-refractivity contribution is -0.123. The molecule has 0 rings (SSSR count). The number of carbonyl (C=O) groups excluding carboxylic acids is 3. The molecule has 0 aromatic rings. The summed E-state index contributed by atoms with van der Waals surface area (Å²) >= 11 is 0. The largest absolute Gasteiger partial charge is 0.376 e. The number of hydrogen-bond donors (Lipinski definition) is 2. The number of nitroso groups, excluding NO2 is 1. The minimum Gasteiger partial charge on any atom is -0.376 e. The molecule has 0 aromatic heterocycles. The number of amides is 3. The third kappa shape index (κ3) is 13.1. The first-order valence-corrected chi connectivity index (χ1v) is 9.38. The van der Waals surface area contributed by atoms with Crippen LogP contribution in [0.3, 0.4) is 0 Å². The second-order valence-electron chi connectivity index (χ2n) is 7.53. The van der Waals surface area contributed by atoms with Crippen LogP contribution in [-0.2, 0) is 23.9 Å². The molecule has 9 heteroatoms. The van der Waals surface area contributed by atoms with Crippen LogP contribution in [0.5, 0.6) is 0 Å². The van der Waals surface area contributed by atoms with Crippen LogP contribution in [0.15, 0.2) is 16.8 Å². The summed E-state index contributed by atoms with van der Waals surface area (Å²) in [5.74, 6) is -1.90. The van der Waals surface area contributed by atoms with Crippen LogP contribution in [0.25, 0.3) is 0 Å². The molecule has 0 saturated carbocycles. The van der Waals surface area contributed by atoms with Crippen molar-refractivity contribution in [2.45, 2.75) is 72.1 Å². The third-order valence-corrected chi connectivity index (χ3v) is 3.45. The SMILES string of the molecule is CC(C)NC(=O)/C=C(/CCC(=O)NCC(C)(C)OCCOC(C)C)C(=O)N=O. The fraction of sp³-hybridized carbons (Fsp3) is 0.737. The minimum absolute atomic E-state index is 0.0609. The Labute approximate surface area is 166 Å². The Balaban J connectivity index is 4.50. The quantitative estimate of drug-likeness (QED) is 0.277. The summed E-state index contributed by atoms with van der Waals surface area (Å²) < 4.78 is 11.1. The van der Waals surface area contributed by atoms with Gasteiger partial charge in [-0.2, -0.15) is 0 Å². The Kier molecular flexibility index (Phi) is 12.1. The van der Waals surface area contributed by atoms with E-state index in [-0.39, 0.29) is 43.0 Å². The van der Waals surface area contributed by atoms with E-state index in [1.807, 2.05) is 27.7 Å². The fourth-order valence-corrected chi connectivity index (χ4v) is 2.08. The molecule has 0 atom stereocenters. The third-order valence-electron chi connectivity index (χ3n) is 3.45. The van der Waals surface area contributed by atoms with Crippen molar-refractivity contribution in [3.63, 3.8) is 0 Å². The van der Waals surface area contributed by atoms with Gasteiger partial charge in [-0.15, -0.1) is 4.91 Å². The molecule has 0 spiro atoms. The van der Waals surface area contributed by atoms with Crippen molar-refractivity contribution in [3.8, 4) is 0 Å². The molecule has 0 aromatic carbocycles. The lowest BCUT2D eigenvalue weighted by Crippen LogP contribution is -2.41. The molecule has 0 aliphatic carbocycles. The van der Waals surface area contributed by atoms with E-state index in [1.54, 1.807) is 13.8 Å². The van der Waals surface area contributed by atoms with Crippen molar-refractivity contribution in [3.05, 3.63) is 16.6 Å². The van der Waals surface area contributed by atoms with E-state index in [9.17, 15) is 19.3 Å². The second-order valence-corrected chi connectivity index (χ2v) is 7.53. The molecule has 0 aliphatic heterocycles. The van der Waals surface area contributed by atoms with Gasteiger partial charge in [-0.1, -0.05) is 0 Å². The summed E-state index contributed by atoms with van der Waals surface area (Å²) in [6, 6.07) is -0.124. The summed E-state index contributed by atoms with van der Waals surface area (Å²) in [6.07, 6.45) is 1.01. The average Bonchev–Trinajstić information content (AvgIpc) is 2.59. The molecule has 0 bridgehead atoms. The van der Waals surface area contributed by atoms with Gasteiger partial charge < -0.3 is 20.1 Å². The molecule has 2 N–H and O–H groups in total. The van der Waals surface area contributed by atoms with E-state index in [2.05, 4.69) is 15.8 Å². The van der Waals surface area contributed by atoms with E-state index in [4.69, 9.17) is 9.47 Å². The molecular formula is C19H33N3O6. The second kappa shape index (κ2) is 13.1. The predicted octanol–water partition coefficient (Wildman–Crippen LogP) is 1.85. The summed E-state index contributed by atoms with van der Waals surface area (Å²) in [4.78, 5) is 45.9. The highest BCUT2D eigenvalue weighted by molar-refractivity contribution is 6.01. The van der Waals surface area contributed by atoms with Gasteiger partial charge in [-0.3, -0.25) is 14.4 Å². The van der Waals surface area contributed by atoms with Gasteiger partial charge in [-0.05, 0) is 48.0 Å². The number of nitrogens with one attached hydrogen (secondary N) is 2. The maximum atomic E-state index is 12.0. The van der Waals surface area contributed by atoms with Gasteiger partial charge in [-0.25, -0.2) is 0 Å². The van der Waals surface area contributed by atoms with Crippen molar-refractivity contribution in [2.24, 2.45) is 5.18 Å². The molecule has 3 amide bonds. The van der Waals surface area contributed by atoms with Gasteiger partial charge in [0.25, 0.3) is 0 Å². The van der Waals surface area contributed by atoms with Crippen LogP contribution in [-0.4, -0.2) is 55.2 Å². The maximum absolute atomic E-state index is 12.0. The number of nitrogens with zero attached hydrogens (tertiary/aromatic N) is 1. The smallest absolute Gasteiger partial charge is 0.312 e. The lowest BCUT2D eigenvalue weighted by atomic mass is 10.1. The first kappa shape index (κ1) is 25.9. The minimum atomic E-state index is -1.06. The number of carbonyl (C=O) groups is 3. The first-order valence-electron chi connectivity index (χ1n) is 9.38. The van der Waals surface area contributed by atoms with Crippen molar-refractivity contribution in [2.75, 3.05) is 19.8 Å². The van der Waals surface area contributed by atoms with Crippen LogP contribution in [0.1, 0.15) is 54.4 Å². The van der Waals surface area contributed by atoms with Crippen molar-refractivity contribution in [1.82, 2.24) is 10.6 Å². The van der Waals surface area contributed by atoms with Gasteiger partial charge in [0, 0.05) is 35.8 Å². The van der Waals surface area contributed by atoms with Crippen LogP contribution in [0.4, 0.5) is 0 Å². The Hall–Kier alpha value is -2.13. The van der Waals surface area contributed by atoms with Gasteiger partial charge >= 0.3 is 5.91 Å². The van der Waals surface area contributed by atoms with E-state index < -0.39 is 17.4 Å². The first-order chi connectivity index (χ1) is 13.0. The predicted molar refractivity (Wildman–Crippen MR) is 106 cm³/mol. The zero-order valence-electron chi connectivity index (χ0n) is 17.7. The molecule has 0 heterocycles. The van der Waals surface area contributed by atoms with Crippen LogP contribution in [0, 0.1) is 4.91 Å². The summed E-state index contributed by atoms with van der Waals surface area (Å²) in [6.45, 7) is 12.2. The Morgan fingerprint density at radius 3 is 2.25 bits per heavy atom. The molecule has 0 fully saturated rings. The number of rotatable bonds is 13. The Bertz CT molecular complexity index is 570. The van der Waals surface area contributed by atoms with Gasteiger partial charge in [0.2, 0.25) is 11.8 Å². The van der Waals surface area contributed by atoms with Crippen molar-refractivity contribution >= 4 is 17.7 Å². The summed E-state index contributed by atoms with van der Waals surface area (Å²) in [5, 5.41) is 7.63. The highest BCUT2D eigenvalue weighted by Gasteiger charge is 2.20. The van der Waals surface area contributed by atoms with Crippen LogP contribution < -0.4 is 10.6 Å². The molecular weight excluding hydrogens is 366 g/mol. The molecule has 0 saturated heterocycles. The molecule has 9 nitrogen and oxygen atoms in total. The standard InChI is InChI=1S/C19H33N3O6/c1-13(2)21-17(24)11-15(18(25)22-26)7-8-16(23)20-12-19(5,6)28-10-9-27-14(3)4/h11,13-14H,7-10,12H2,1-6H3,(H,20,23)(H,21,24)/b15-11-. The average molecular weight is 399 g/mol. The molecule has 160 valence electrons. The van der Waals surface area contributed by atoms with E-state index in [0.717, 1.165) is 6.08 Å². The Morgan fingerprint density at radius 2 is 1.71 bits per heavy atom. The Morgan fingerprint density at radius 1 is 1.07 bits per heavy atom. The lowest BCUT2D eigenvalue weighted by Gasteiger charge is -2.26. The number of ether oxygens (including phenoxy) is 2. The topological polar surface area (TPSA) is 123 Å². The van der Waals surface area contributed by atoms with Crippen molar-refractivity contribution < 1.29 is 23.9 Å². The number of hydrogen-bond acceptors (Lipinski definition) is 6. The van der Waals surface area contributed by atoms with E-state index in [0.29, 0.717) is 13.2 Å². The van der Waals surface area contributed by atoms with Gasteiger partial charge in [0.05, 0.1) is 24.9 Å². The summed E-state index contributed by atoms with van der Waals surface area (Å²) in [7, 11) is 0. The molecule has 0 radical (unpaired) electrons. The molecule has 28 heavy (non-hydrogen) atoms. The van der Waals surface area contributed by atoms with Gasteiger partial charge in [0.15, 0.2) is 0 Å². The highest BCUT2D eigenvalue weighted by Crippen LogP contribution is 2.10. The zero-order valence-corrected chi connectivity index (χ0v) is 17.7. The van der Waals surface area contributed by atoms with E-state index >= 15 is 0 Å². The monoisotopic (exact) mass is 399 g/mol. The zero-order chi connectivity index (χ0) is 21.7. The maximum Gasteiger partial charge on any atom is 0.312 e.